The number of aromatic amines is 1. The Hall–Kier alpha value is -2.64. The van der Waals surface area contributed by atoms with Crippen molar-refractivity contribution < 1.29 is 9.59 Å². The van der Waals surface area contributed by atoms with Crippen LogP contribution in [0, 0.1) is 0 Å². The Bertz CT molecular complexity index is 819. The van der Waals surface area contributed by atoms with Gasteiger partial charge in [-0.3, -0.25) is 14.3 Å². The highest BCUT2D eigenvalue weighted by Gasteiger charge is 2.49. The van der Waals surface area contributed by atoms with Gasteiger partial charge in [0.05, 0.1) is 17.6 Å². The van der Waals surface area contributed by atoms with Crippen molar-refractivity contribution in [2.75, 3.05) is 19.6 Å². The Morgan fingerprint density at radius 2 is 2.07 bits per heavy atom. The van der Waals surface area contributed by atoms with Crippen molar-refractivity contribution in [2.45, 2.75) is 51.1 Å². The largest absolute Gasteiger partial charge is 0.348 e. The number of hydrogen-bond donors (Lipinski definition) is 1. The lowest BCUT2D eigenvalue weighted by atomic mass is 9.78. The minimum Gasteiger partial charge on any atom is -0.348 e. The Labute approximate surface area is 158 Å². The molecule has 2 aromatic heterocycles. The maximum Gasteiger partial charge on any atom is 0.247 e. The molecule has 8 heteroatoms. The first kappa shape index (κ1) is 17.8. The average Bonchev–Trinajstić information content (AvgIpc) is 3.39. The zero-order chi connectivity index (χ0) is 19.0. The Morgan fingerprint density at radius 3 is 2.74 bits per heavy atom. The van der Waals surface area contributed by atoms with Crippen molar-refractivity contribution in [1.29, 1.82) is 0 Å². The SMILES string of the molecule is CCC(=O)N1CCc2[nH]cnc2C12CCN(C(=O)[C@H](C)n1cccn1)CC2. The second-order valence-electron chi connectivity index (χ2n) is 7.40. The Balaban J connectivity index is 1.55. The summed E-state index contributed by atoms with van der Waals surface area (Å²) < 4.78 is 1.69. The molecule has 1 saturated heterocycles. The zero-order valence-electron chi connectivity index (χ0n) is 15.9. The van der Waals surface area contributed by atoms with Crippen LogP contribution in [0.2, 0.25) is 0 Å². The summed E-state index contributed by atoms with van der Waals surface area (Å²) in [6.45, 7) is 5.72. The molecule has 0 aliphatic carbocycles. The molecule has 1 fully saturated rings. The first-order chi connectivity index (χ1) is 13.1. The van der Waals surface area contributed by atoms with Gasteiger partial charge < -0.3 is 14.8 Å². The van der Waals surface area contributed by atoms with Crippen LogP contribution in [-0.4, -0.2) is 61.0 Å². The number of nitrogens with one attached hydrogen (secondary N) is 1. The van der Waals surface area contributed by atoms with Gasteiger partial charge in [0.1, 0.15) is 6.04 Å². The summed E-state index contributed by atoms with van der Waals surface area (Å²) in [5.74, 6) is 0.230. The molecule has 1 atom stereocenters. The van der Waals surface area contributed by atoms with E-state index in [1.165, 1.54) is 0 Å². The summed E-state index contributed by atoms with van der Waals surface area (Å²) in [4.78, 5) is 37.3. The lowest BCUT2D eigenvalue weighted by molar-refractivity contribution is -0.145. The molecule has 0 aromatic carbocycles. The number of imidazole rings is 1. The number of amides is 2. The van der Waals surface area contributed by atoms with Gasteiger partial charge in [-0.25, -0.2) is 4.98 Å². The molecule has 0 bridgehead atoms. The number of carbonyl (C=O) groups excluding carboxylic acids is 2. The van der Waals surface area contributed by atoms with Crippen LogP contribution in [0.15, 0.2) is 24.8 Å². The van der Waals surface area contributed by atoms with Crippen LogP contribution < -0.4 is 0 Å². The second kappa shape index (κ2) is 6.83. The quantitative estimate of drug-likeness (QED) is 0.887. The van der Waals surface area contributed by atoms with E-state index in [1.807, 2.05) is 35.9 Å². The van der Waals surface area contributed by atoms with E-state index >= 15 is 0 Å². The lowest BCUT2D eigenvalue weighted by Gasteiger charge is -2.50. The molecular weight excluding hydrogens is 344 g/mol. The number of hydrogen-bond acceptors (Lipinski definition) is 4. The molecule has 4 heterocycles. The molecule has 2 amide bonds. The smallest absolute Gasteiger partial charge is 0.247 e. The number of piperidine rings is 1. The molecule has 0 saturated carbocycles. The summed E-state index contributed by atoms with van der Waals surface area (Å²) in [5.41, 5.74) is 1.72. The van der Waals surface area contributed by atoms with Crippen LogP contribution in [0.3, 0.4) is 0 Å². The highest BCUT2D eigenvalue weighted by Crippen LogP contribution is 2.42. The summed E-state index contributed by atoms with van der Waals surface area (Å²) >= 11 is 0. The van der Waals surface area contributed by atoms with Crippen LogP contribution in [0.25, 0.3) is 0 Å². The fraction of sp³-hybridized carbons (Fsp3) is 0.579. The van der Waals surface area contributed by atoms with E-state index in [0.29, 0.717) is 38.9 Å². The maximum absolute atomic E-state index is 12.9. The molecule has 2 aromatic rings. The summed E-state index contributed by atoms with van der Waals surface area (Å²) in [6, 6.07) is 1.50. The third-order valence-corrected chi connectivity index (χ3v) is 6.05. The third kappa shape index (κ3) is 2.83. The van der Waals surface area contributed by atoms with Crippen molar-refractivity contribution in [3.63, 3.8) is 0 Å². The van der Waals surface area contributed by atoms with Gasteiger partial charge in [-0.05, 0) is 25.8 Å². The zero-order valence-corrected chi connectivity index (χ0v) is 15.9. The molecular formula is C19H26N6O2. The van der Waals surface area contributed by atoms with E-state index in [-0.39, 0.29) is 17.9 Å². The number of nitrogens with zero attached hydrogens (tertiary/aromatic N) is 5. The highest BCUT2D eigenvalue weighted by molar-refractivity contribution is 5.80. The van der Waals surface area contributed by atoms with Crippen LogP contribution >= 0.6 is 0 Å². The minimum atomic E-state index is -0.396. The Morgan fingerprint density at radius 1 is 1.30 bits per heavy atom. The molecule has 2 aliphatic rings. The topological polar surface area (TPSA) is 87.1 Å². The van der Waals surface area contributed by atoms with Crippen molar-refractivity contribution in [2.24, 2.45) is 0 Å². The first-order valence-corrected chi connectivity index (χ1v) is 9.68. The highest BCUT2D eigenvalue weighted by atomic mass is 16.2. The molecule has 2 aliphatic heterocycles. The van der Waals surface area contributed by atoms with Crippen LogP contribution in [-0.2, 0) is 21.5 Å². The van der Waals surface area contributed by atoms with Crippen molar-refractivity contribution in [1.82, 2.24) is 29.5 Å². The van der Waals surface area contributed by atoms with Gasteiger partial charge in [-0.1, -0.05) is 6.92 Å². The predicted molar refractivity (Wildman–Crippen MR) is 98.7 cm³/mol. The van der Waals surface area contributed by atoms with Crippen LogP contribution in [0.5, 0.6) is 0 Å². The molecule has 0 radical (unpaired) electrons. The summed E-state index contributed by atoms with van der Waals surface area (Å²) in [7, 11) is 0. The van der Waals surface area contributed by atoms with E-state index in [4.69, 9.17) is 0 Å². The Kier molecular flexibility index (Phi) is 4.49. The number of aromatic nitrogens is 4. The van der Waals surface area contributed by atoms with E-state index in [2.05, 4.69) is 15.1 Å². The summed E-state index contributed by atoms with van der Waals surface area (Å²) in [5, 5.41) is 4.19. The number of carbonyl (C=O) groups is 2. The van der Waals surface area contributed by atoms with E-state index in [0.717, 1.165) is 17.8 Å². The van der Waals surface area contributed by atoms with Gasteiger partial charge in [0.25, 0.3) is 0 Å². The number of H-pyrrole nitrogens is 1. The van der Waals surface area contributed by atoms with Crippen LogP contribution in [0.4, 0.5) is 0 Å². The van der Waals surface area contributed by atoms with Crippen molar-refractivity contribution >= 4 is 11.8 Å². The minimum absolute atomic E-state index is 0.0694. The van der Waals surface area contributed by atoms with Crippen LogP contribution in [0.1, 0.15) is 50.5 Å². The van der Waals surface area contributed by atoms with E-state index < -0.39 is 5.54 Å². The predicted octanol–water partition coefficient (Wildman–Crippen LogP) is 1.48. The fourth-order valence-electron chi connectivity index (χ4n) is 4.52. The van der Waals surface area contributed by atoms with Gasteiger partial charge in [-0.2, -0.15) is 5.10 Å². The fourth-order valence-corrected chi connectivity index (χ4v) is 4.52. The molecule has 144 valence electrons. The molecule has 8 nitrogen and oxygen atoms in total. The van der Waals surface area contributed by atoms with E-state index in [1.54, 1.807) is 17.2 Å². The summed E-state index contributed by atoms with van der Waals surface area (Å²) in [6.07, 6.45) is 7.95. The number of likely N-dealkylation sites (tertiary alicyclic amines) is 1. The second-order valence-corrected chi connectivity index (χ2v) is 7.40. The molecule has 27 heavy (non-hydrogen) atoms. The van der Waals surface area contributed by atoms with Gasteiger partial charge in [0, 0.05) is 50.6 Å². The monoisotopic (exact) mass is 370 g/mol. The van der Waals surface area contributed by atoms with Gasteiger partial charge in [-0.15, -0.1) is 0 Å². The normalized spacial score (nSPS) is 19.8. The molecule has 4 rings (SSSR count). The molecule has 0 unspecified atom stereocenters. The van der Waals surface area contributed by atoms with Gasteiger partial charge in [0.15, 0.2) is 0 Å². The van der Waals surface area contributed by atoms with Crippen molar-refractivity contribution in [3.8, 4) is 0 Å². The molecule has 1 N–H and O–H groups in total. The number of rotatable bonds is 3. The standard InChI is InChI=1S/C19H26N6O2/c1-3-16(26)24-10-5-15-17(21-13-20-15)19(24)6-11-23(12-7-19)18(27)14(2)25-9-4-8-22-25/h4,8-9,13-14H,3,5-7,10-12H2,1-2H3,(H,20,21)/t14-/m0/s1. The maximum atomic E-state index is 12.9. The van der Waals surface area contributed by atoms with Crippen molar-refractivity contribution in [3.05, 3.63) is 36.2 Å². The third-order valence-electron chi connectivity index (χ3n) is 6.05. The lowest BCUT2D eigenvalue weighted by Crippen LogP contribution is -2.59. The van der Waals surface area contributed by atoms with Gasteiger partial charge >= 0.3 is 0 Å². The first-order valence-electron chi connectivity index (χ1n) is 9.68. The van der Waals surface area contributed by atoms with Gasteiger partial charge in [0.2, 0.25) is 11.8 Å². The number of fused-ring (bicyclic) bond motifs is 2. The molecule has 1 spiro atoms. The average molecular weight is 370 g/mol. The van der Waals surface area contributed by atoms with E-state index in [9.17, 15) is 9.59 Å².